The van der Waals surface area contributed by atoms with E-state index < -0.39 is 0 Å². The van der Waals surface area contributed by atoms with E-state index in [0.717, 1.165) is 6.42 Å². The molecule has 0 amide bonds. The van der Waals surface area contributed by atoms with Crippen molar-refractivity contribution in [1.29, 1.82) is 0 Å². The molecule has 0 aliphatic heterocycles. The number of rotatable bonds is 0. The molecule has 0 spiro atoms. The van der Waals surface area contributed by atoms with Crippen LogP contribution in [0.4, 0.5) is 0 Å². The van der Waals surface area contributed by atoms with Crippen molar-refractivity contribution in [3.63, 3.8) is 0 Å². The third-order valence-electron chi connectivity index (χ3n) is 0. The van der Waals surface area contributed by atoms with E-state index in [2.05, 4.69) is 6.92 Å². The van der Waals surface area contributed by atoms with Gasteiger partial charge in [0, 0.05) is 53.8 Å². The molecular weight excluding hydrogens is 309 g/mol. The first-order valence-electron chi connectivity index (χ1n) is 1.21. The first kappa shape index (κ1) is 15.8. The van der Waals surface area contributed by atoms with Crippen molar-refractivity contribution >= 4 is 0 Å². The molecule has 0 nitrogen and oxygen atoms in total. The van der Waals surface area contributed by atoms with E-state index in [1.54, 1.807) is 0 Å². The molecule has 0 aliphatic carbocycles. The Labute approximate surface area is 73.2 Å². The zero-order valence-electron chi connectivity index (χ0n) is 3.40. The summed E-state index contributed by atoms with van der Waals surface area (Å²) in [6.07, 6.45) is 1.00. The molecule has 0 saturated carbocycles. The van der Waals surface area contributed by atoms with Gasteiger partial charge in [-0.1, -0.05) is 6.92 Å². The molecule has 0 unspecified atom stereocenters. The first-order valence-corrected chi connectivity index (χ1v) is 1.21. The maximum Gasteiger partial charge on any atom is 0 e. The fourth-order valence-corrected chi connectivity index (χ4v) is 0. The Morgan fingerprint density at radius 2 is 1.60 bits per heavy atom. The molecule has 0 aromatic heterocycles. The quantitative estimate of drug-likeness (QED) is 0.590. The molecule has 0 aliphatic rings. The van der Waals surface area contributed by atoms with Gasteiger partial charge in [0.25, 0.3) is 0 Å². The van der Waals surface area contributed by atoms with Gasteiger partial charge in [0.05, 0.1) is 0 Å². The molecule has 2 heteroatoms. The minimum atomic E-state index is 0. The van der Waals surface area contributed by atoms with Crippen molar-refractivity contribution in [3.8, 4) is 0 Å². The van der Waals surface area contributed by atoms with E-state index in [1.807, 2.05) is 6.92 Å². The second-order valence-corrected chi connectivity index (χ2v) is 0.500. The Morgan fingerprint density at radius 3 is 1.60 bits per heavy atom. The van der Waals surface area contributed by atoms with Gasteiger partial charge in [-0.2, -0.15) is 6.42 Å². The van der Waals surface area contributed by atoms with Crippen molar-refractivity contribution in [3.05, 3.63) is 6.92 Å². The predicted molar refractivity (Wildman–Crippen MR) is 15.6 cm³/mol. The zero-order valence-corrected chi connectivity index (χ0v) is 9.17. The van der Waals surface area contributed by atoms with Crippen LogP contribution in [-0.2, 0) is 53.8 Å². The van der Waals surface area contributed by atoms with E-state index in [1.165, 1.54) is 0 Å². The van der Waals surface area contributed by atoms with Crippen LogP contribution in [0, 0.1) is 6.92 Å². The fourth-order valence-electron chi connectivity index (χ4n) is 0. The van der Waals surface area contributed by atoms with Crippen LogP contribution in [0.5, 0.6) is 0 Å². The topological polar surface area (TPSA) is 0 Å². The van der Waals surface area contributed by atoms with E-state index >= 15 is 0 Å². The van der Waals surface area contributed by atoms with Crippen molar-refractivity contribution in [2.75, 3.05) is 0 Å². The van der Waals surface area contributed by atoms with Crippen molar-refractivity contribution < 1.29 is 53.8 Å². The summed E-state index contributed by atoms with van der Waals surface area (Å²) in [6.45, 7) is 5.50. The SMILES string of the molecule is [CH2-]CC.[W].[Y]. The molecule has 29 valence electrons. The Kier molecular flexibility index (Phi) is 54.1. The minimum absolute atomic E-state index is 0. The van der Waals surface area contributed by atoms with Gasteiger partial charge < -0.3 is 6.92 Å². The smallest absolute Gasteiger partial charge is 0 e. The van der Waals surface area contributed by atoms with Crippen LogP contribution in [0.15, 0.2) is 0 Å². The molecule has 0 rings (SSSR count). The van der Waals surface area contributed by atoms with Gasteiger partial charge in [0.15, 0.2) is 0 Å². The molecule has 0 heterocycles. The van der Waals surface area contributed by atoms with Gasteiger partial charge in [-0.3, -0.25) is 0 Å². The van der Waals surface area contributed by atoms with Crippen molar-refractivity contribution in [2.45, 2.75) is 13.3 Å². The Hall–Kier alpha value is 1.79. The Bertz CT molecular complexity index is 6.85. The van der Waals surface area contributed by atoms with Crippen LogP contribution in [0.25, 0.3) is 0 Å². The molecule has 0 bridgehead atoms. The average Bonchev–Trinajstić information content (AvgIpc) is 0.918. The molecule has 0 aromatic carbocycles. The maximum absolute atomic E-state index is 3.49. The van der Waals surface area contributed by atoms with Gasteiger partial charge in [0.1, 0.15) is 0 Å². The van der Waals surface area contributed by atoms with E-state index in [-0.39, 0.29) is 53.8 Å². The molecular formula is C3H7WY-. The third-order valence-corrected chi connectivity index (χ3v) is 0. The first-order chi connectivity index (χ1) is 1.41. The van der Waals surface area contributed by atoms with Gasteiger partial charge in [-0.25, -0.2) is 0 Å². The summed E-state index contributed by atoms with van der Waals surface area (Å²) in [5.41, 5.74) is 0. The minimum Gasteiger partial charge on any atom is -0.344 e. The van der Waals surface area contributed by atoms with Crippen LogP contribution in [0.2, 0.25) is 0 Å². The Balaban J connectivity index is -0.0000000200. The molecule has 1 radical (unpaired) electrons. The van der Waals surface area contributed by atoms with Crippen LogP contribution in [0.1, 0.15) is 13.3 Å². The molecule has 0 saturated heterocycles. The molecule has 0 atom stereocenters. The fraction of sp³-hybridized carbons (Fsp3) is 0.667. The van der Waals surface area contributed by atoms with Crippen LogP contribution in [0.3, 0.4) is 0 Å². The van der Waals surface area contributed by atoms with Crippen LogP contribution >= 0.6 is 0 Å². The largest absolute Gasteiger partial charge is 0.344 e. The van der Waals surface area contributed by atoms with Gasteiger partial charge in [0.2, 0.25) is 0 Å². The average molecular weight is 316 g/mol. The molecule has 0 N–H and O–H groups in total. The summed E-state index contributed by atoms with van der Waals surface area (Å²) in [6, 6.07) is 0. The molecule has 0 aromatic rings. The third kappa shape index (κ3) is 25.9. The normalized spacial score (nSPS) is 3.60. The van der Waals surface area contributed by atoms with E-state index in [0.29, 0.717) is 0 Å². The standard InChI is InChI=1S/C3H7.W.Y/c1-3-2;;/h1,3H2,2H3;;/q-1;;. The summed E-state index contributed by atoms with van der Waals surface area (Å²) >= 11 is 0. The van der Waals surface area contributed by atoms with Gasteiger partial charge >= 0.3 is 0 Å². The molecule has 5 heavy (non-hydrogen) atoms. The van der Waals surface area contributed by atoms with Gasteiger partial charge in [-0.05, 0) is 0 Å². The summed E-state index contributed by atoms with van der Waals surface area (Å²) < 4.78 is 0. The van der Waals surface area contributed by atoms with Crippen LogP contribution in [-0.4, -0.2) is 0 Å². The Morgan fingerprint density at radius 1 is 1.60 bits per heavy atom. The van der Waals surface area contributed by atoms with Gasteiger partial charge in [-0.15, -0.1) is 0 Å². The second kappa shape index (κ2) is 17.1. The second-order valence-electron chi connectivity index (χ2n) is 0.500. The van der Waals surface area contributed by atoms with E-state index in [4.69, 9.17) is 0 Å². The summed E-state index contributed by atoms with van der Waals surface area (Å²) in [7, 11) is 0. The zero-order chi connectivity index (χ0) is 2.71. The van der Waals surface area contributed by atoms with Crippen molar-refractivity contribution in [2.24, 2.45) is 0 Å². The van der Waals surface area contributed by atoms with Crippen molar-refractivity contribution in [1.82, 2.24) is 0 Å². The summed E-state index contributed by atoms with van der Waals surface area (Å²) in [5, 5.41) is 0. The summed E-state index contributed by atoms with van der Waals surface area (Å²) in [4.78, 5) is 0. The summed E-state index contributed by atoms with van der Waals surface area (Å²) in [5.74, 6) is 0. The van der Waals surface area contributed by atoms with E-state index in [9.17, 15) is 0 Å². The predicted octanol–water partition coefficient (Wildman–Crippen LogP) is 1.23. The van der Waals surface area contributed by atoms with Crippen LogP contribution < -0.4 is 0 Å². The number of hydrogen-bond donors (Lipinski definition) is 0. The maximum atomic E-state index is 3.49. The monoisotopic (exact) mass is 316 g/mol. The number of hydrogen-bond acceptors (Lipinski definition) is 0. The molecule has 0 fully saturated rings.